The highest BCUT2D eigenvalue weighted by Crippen LogP contribution is 2.25. The van der Waals surface area contributed by atoms with Crippen molar-refractivity contribution in [3.05, 3.63) is 23.9 Å². The van der Waals surface area contributed by atoms with Gasteiger partial charge in [-0.2, -0.15) is 11.8 Å². The third-order valence-corrected chi connectivity index (χ3v) is 4.85. The van der Waals surface area contributed by atoms with E-state index in [1.165, 1.54) is 18.6 Å². The van der Waals surface area contributed by atoms with E-state index in [1.54, 1.807) is 7.05 Å². The minimum absolute atomic E-state index is 0.686. The van der Waals surface area contributed by atoms with E-state index in [9.17, 15) is 0 Å². The van der Waals surface area contributed by atoms with E-state index in [0.29, 0.717) is 19.0 Å². The lowest BCUT2D eigenvalue weighted by Crippen LogP contribution is -2.39. The second-order valence-electron chi connectivity index (χ2n) is 5.29. The van der Waals surface area contributed by atoms with Gasteiger partial charge < -0.3 is 15.4 Å². The Morgan fingerprint density at radius 2 is 2.36 bits per heavy atom. The van der Waals surface area contributed by atoms with Crippen molar-refractivity contribution in [2.24, 2.45) is 4.99 Å². The number of pyridine rings is 1. The Labute approximate surface area is 137 Å². The van der Waals surface area contributed by atoms with Gasteiger partial charge in [0.05, 0.1) is 6.61 Å². The maximum absolute atomic E-state index is 5.48. The topological polar surface area (TPSA) is 58.5 Å². The molecule has 1 unspecified atom stereocenters. The highest BCUT2D eigenvalue weighted by atomic mass is 32.2. The molecule has 1 aliphatic heterocycles. The van der Waals surface area contributed by atoms with E-state index < -0.39 is 0 Å². The molecule has 1 aromatic heterocycles. The van der Waals surface area contributed by atoms with Crippen LogP contribution in [0.2, 0.25) is 0 Å². The second-order valence-corrected chi connectivity index (χ2v) is 6.70. The van der Waals surface area contributed by atoms with Gasteiger partial charge in [-0.3, -0.25) is 4.99 Å². The summed E-state index contributed by atoms with van der Waals surface area (Å²) in [6.07, 6.45) is 5.48. The van der Waals surface area contributed by atoms with Crippen molar-refractivity contribution in [1.29, 1.82) is 0 Å². The summed E-state index contributed by atoms with van der Waals surface area (Å²) in [5, 5.41) is 7.43. The molecule has 1 fully saturated rings. The minimum Gasteiger partial charge on any atom is -0.478 e. The fraction of sp³-hybridized carbons (Fsp3) is 0.625. The molecule has 0 radical (unpaired) electrons. The highest BCUT2D eigenvalue weighted by molar-refractivity contribution is 8.00. The quantitative estimate of drug-likeness (QED) is 0.596. The van der Waals surface area contributed by atoms with Crippen LogP contribution < -0.4 is 15.4 Å². The van der Waals surface area contributed by atoms with E-state index in [2.05, 4.69) is 27.5 Å². The van der Waals surface area contributed by atoms with Gasteiger partial charge in [-0.15, -0.1) is 0 Å². The monoisotopic (exact) mass is 322 g/mol. The van der Waals surface area contributed by atoms with E-state index in [0.717, 1.165) is 29.7 Å². The van der Waals surface area contributed by atoms with Crippen LogP contribution in [0.25, 0.3) is 0 Å². The Balaban J connectivity index is 1.72. The molecular formula is C16H26N4OS. The molecule has 1 aliphatic rings. The van der Waals surface area contributed by atoms with Gasteiger partial charge in [0.2, 0.25) is 5.88 Å². The van der Waals surface area contributed by atoms with Gasteiger partial charge in [-0.1, -0.05) is 13.0 Å². The summed E-state index contributed by atoms with van der Waals surface area (Å²) in [6.45, 7) is 4.48. The Hall–Kier alpha value is -1.43. The first-order valence-electron chi connectivity index (χ1n) is 7.95. The zero-order valence-electron chi connectivity index (χ0n) is 13.5. The molecule has 0 bridgehead atoms. The number of nitrogens with zero attached hydrogens (tertiary/aromatic N) is 2. The summed E-state index contributed by atoms with van der Waals surface area (Å²) in [6, 6.07) is 3.95. The summed E-state index contributed by atoms with van der Waals surface area (Å²) < 4.78 is 5.48. The van der Waals surface area contributed by atoms with E-state index >= 15 is 0 Å². The fourth-order valence-corrected chi connectivity index (χ4v) is 3.43. The molecule has 5 nitrogen and oxygen atoms in total. The molecule has 0 spiro atoms. The summed E-state index contributed by atoms with van der Waals surface area (Å²) in [7, 11) is 1.80. The van der Waals surface area contributed by atoms with Crippen molar-refractivity contribution < 1.29 is 4.74 Å². The van der Waals surface area contributed by atoms with Gasteiger partial charge in [0, 0.05) is 37.7 Å². The number of hydrogen-bond donors (Lipinski definition) is 2. The first-order valence-corrected chi connectivity index (χ1v) is 9.00. The van der Waals surface area contributed by atoms with Crippen LogP contribution in [0.15, 0.2) is 23.3 Å². The van der Waals surface area contributed by atoms with Crippen LogP contribution in [0.3, 0.4) is 0 Å². The standard InChI is InChI=1S/C16H26N4OS/c1-3-8-21-15-7-6-13(10-18-15)11-19-16(17-2)20-12-14-5-4-9-22-14/h6-7,10,14H,3-5,8-9,11-12H2,1-2H3,(H2,17,19,20). The zero-order chi connectivity index (χ0) is 15.6. The number of rotatable bonds is 7. The molecule has 22 heavy (non-hydrogen) atoms. The van der Waals surface area contributed by atoms with Crippen molar-refractivity contribution in [2.75, 3.05) is 26.0 Å². The predicted octanol–water partition coefficient (Wildman–Crippen LogP) is 2.43. The molecule has 1 saturated heterocycles. The average molecular weight is 322 g/mol. The summed E-state index contributed by atoms with van der Waals surface area (Å²) >= 11 is 2.05. The maximum Gasteiger partial charge on any atom is 0.213 e. The maximum atomic E-state index is 5.48. The van der Waals surface area contributed by atoms with Gasteiger partial charge in [-0.05, 0) is 30.6 Å². The molecule has 6 heteroatoms. The van der Waals surface area contributed by atoms with Gasteiger partial charge in [0.15, 0.2) is 5.96 Å². The number of aromatic nitrogens is 1. The van der Waals surface area contributed by atoms with Crippen molar-refractivity contribution >= 4 is 17.7 Å². The molecule has 0 aromatic carbocycles. The van der Waals surface area contributed by atoms with Crippen LogP contribution in [0.1, 0.15) is 31.7 Å². The van der Waals surface area contributed by atoms with Crippen LogP contribution in [-0.2, 0) is 6.54 Å². The van der Waals surface area contributed by atoms with Gasteiger partial charge in [0.1, 0.15) is 0 Å². The largest absolute Gasteiger partial charge is 0.478 e. The molecule has 1 aromatic rings. The molecule has 2 N–H and O–H groups in total. The highest BCUT2D eigenvalue weighted by Gasteiger charge is 2.15. The molecule has 122 valence electrons. The lowest BCUT2D eigenvalue weighted by molar-refractivity contribution is 0.305. The Kier molecular flexibility index (Phi) is 7.36. The molecule has 2 rings (SSSR count). The SMILES string of the molecule is CCCOc1ccc(CNC(=NC)NCC2CCCS2)cn1. The molecule has 1 atom stereocenters. The van der Waals surface area contributed by atoms with E-state index in [1.807, 2.05) is 30.1 Å². The Bertz CT molecular complexity index is 458. The summed E-state index contributed by atoms with van der Waals surface area (Å²) in [5.74, 6) is 2.82. The van der Waals surface area contributed by atoms with E-state index in [-0.39, 0.29) is 0 Å². The number of aliphatic imine (C=N–C) groups is 1. The normalized spacial score (nSPS) is 18.3. The number of guanidine groups is 1. The fourth-order valence-electron chi connectivity index (χ4n) is 2.23. The molecule has 0 aliphatic carbocycles. The van der Waals surface area contributed by atoms with Crippen LogP contribution in [0, 0.1) is 0 Å². The zero-order valence-corrected chi connectivity index (χ0v) is 14.3. The lowest BCUT2D eigenvalue weighted by atomic mass is 10.2. The van der Waals surface area contributed by atoms with Crippen molar-refractivity contribution in [3.8, 4) is 5.88 Å². The van der Waals surface area contributed by atoms with Crippen molar-refractivity contribution in [3.63, 3.8) is 0 Å². The smallest absolute Gasteiger partial charge is 0.213 e. The van der Waals surface area contributed by atoms with Crippen LogP contribution in [0.4, 0.5) is 0 Å². The van der Waals surface area contributed by atoms with Gasteiger partial charge >= 0.3 is 0 Å². The first kappa shape index (κ1) is 16.9. The molecule has 0 saturated carbocycles. The first-order chi connectivity index (χ1) is 10.8. The summed E-state index contributed by atoms with van der Waals surface area (Å²) in [4.78, 5) is 8.57. The van der Waals surface area contributed by atoms with Crippen LogP contribution >= 0.6 is 11.8 Å². The Morgan fingerprint density at radius 3 is 3.00 bits per heavy atom. The van der Waals surface area contributed by atoms with Gasteiger partial charge in [-0.25, -0.2) is 4.98 Å². The Morgan fingerprint density at radius 1 is 1.45 bits per heavy atom. The molecule has 0 amide bonds. The van der Waals surface area contributed by atoms with Crippen molar-refractivity contribution in [1.82, 2.24) is 15.6 Å². The van der Waals surface area contributed by atoms with Crippen LogP contribution in [-0.4, -0.2) is 42.1 Å². The molecular weight excluding hydrogens is 296 g/mol. The summed E-state index contributed by atoms with van der Waals surface area (Å²) in [5.41, 5.74) is 1.11. The lowest BCUT2D eigenvalue weighted by Gasteiger charge is -2.14. The third-order valence-electron chi connectivity index (χ3n) is 3.46. The van der Waals surface area contributed by atoms with Crippen molar-refractivity contribution in [2.45, 2.75) is 38.0 Å². The third kappa shape index (κ3) is 5.75. The number of hydrogen-bond acceptors (Lipinski definition) is 4. The van der Waals surface area contributed by atoms with Crippen LogP contribution in [0.5, 0.6) is 5.88 Å². The number of thioether (sulfide) groups is 1. The molecule has 2 heterocycles. The second kappa shape index (κ2) is 9.56. The van der Waals surface area contributed by atoms with E-state index in [4.69, 9.17) is 4.74 Å². The predicted molar refractivity (Wildman–Crippen MR) is 93.7 cm³/mol. The minimum atomic E-state index is 0.686. The number of ether oxygens (including phenoxy) is 1. The average Bonchev–Trinajstić information content (AvgIpc) is 3.07. The number of nitrogens with one attached hydrogen (secondary N) is 2. The van der Waals surface area contributed by atoms with Gasteiger partial charge in [0.25, 0.3) is 0 Å².